The van der Waals surface area contributed by atoms with Crippen molar-refractivity contribution in [3.8, 4) is 11.5 Å². The maximum Gasteiger partial charge on any atom is 0.175 e. The van der Waals surface area contributed by atoms with E-state index in [1.807, 2.05) is 18.2 Å². The third kappa shape index (κ3) is 4.54. The van der Waals surface area contributed by atoms with Gasteiger partial charge in [0.25, 0.3) is 0 Å². The first kappa shape index (κ1) is 19.1. The molecule has 0 unspecified atom stereocenters. The summed E-state index contributed by atoms with van der Waals surface area (Å²) in [6, 6.07) is 10.2. The lowest BCUT2D eigenvalue weighted by atomic mass is 10.1. The minimum absolute atomic E-state index is 0.253. The van der Waals surface area contributed by atoms with E-state index < -0.39 is 0 Å². The van der Waals surface area contributed by atoms with E-state index in [2.05, 4.69) is 20.8 Å². The van der Waals surface area contributed by atoms with E-state index in [1.54, 1.807) is 13.2 Å². The number of ether oxygens (including phenoxy) is 2. The second-order valence-electron chi connectivity index (χ2n) is 6.26. The number of likely N-dealkylation sites (tertiary alicyclic amines) is 1. The van der Waals surface area contributed by atoms with Gasteiger partial charge in [0.15, 0.2) is 11.5 Å². The van der Waals surface area contributed by atoms with Gasteiger partial charge in [0.05, 0.1) is 11.6 Å². The van der Waals surface area contributed by atoms with Crippen molar-refractivity contribution < 1.29 is 13.9 Å². The fourth-order valence-electron chi connectivity index (χ4n) is 3.05. The van der Waals surface area contributed by atoms with Crippen molar-refractivity contribution in [3.63, 3.8) is 0 Å². The van der Waals surface area contributed by atoms with Crippen molar-refractivity contribution in [2.24, 2.45) is 0 Å². The lowest BCUT2D eigenvalue weighted by molar-refractivity contribution is 0.282. The molecule has 3 nitrogen and oxygen atoms in total. The van der Waals surface area contributed by atoms with Crippen LogP contribution in [0.15, 0.2) is 40.9 Å². The van der Waals surface area contributed by atoms with E-state index in [0.29, 0.717) is 11.5 Å². The summed E-state index contributed by atoms with van der Waals surface area (Å²) >= 11 is 9.24. The summed E-state index contributed by atoms with van der Waals surface area (Å²) in [5, 5.41) is 0. The van der Waals surface area contributed by atoms with Gasteiger partial charge < -0.3 is 14.4 Å². The average Bonchev–Trinajstić information content (AvgIpc) is 2.66. The number of hydrogen-bond acceptors (Lipinski definition) is 3. The van der Waals surface area contributed by atoms with Gasteiger partial charge >= 0.3 is 0 Å². The molecule has 0 radical (unpaired) electrons. The molecule has 6 heteroatoms. The first-order valence-electron chi connectivity index (χ1n) is 8.62. The van der Waals surface area contributed by atoms with Crippen LogP contribution in [0.25, 0.3) is 0 Å². The van der Waals surface area contributed by atoms with Gasteiger partial charge in [-0.15, -0.1) is 0 Å². The van der Waals surface area contributed by atoms with Crippen LogP contribution < -0.4 is 9.47 Å². The molecule has 1 saturated heterocycles. The number of hydrogen-bond donors (Lipinski definition) is 0. The molecule has 0 aromatic heterocycles. The summed E-state index contributed by atoms with van der Waals surface area (Å²) in [6.45, 7) is 2.25. The van der Waals surface area contributed by atoms with Crippen molar-refractivity contribution in [2.75, 3.05) is 20.2 Å². The number of halogens is 2. The molecule has 0 spiro atoms. The maximum absolute atomic E-state index is 13.3. The number of methoxy groups -OCH3 is 1. The molecule has 0 bridgehead atoms. The molecule has 2 aromatic rings. The standard InChI is InChI=1S/C20H21BrFNO2S/c1-24-18-12-15(20(26)23-8-3-2-4-9-23)11-17(21)19(18)25-13-14-6-5-7-16(22)10-14/h5-7,10-12H,2-4,8-9,13H2,1H3. The molecule has 0 N–H and O–H groups in total. The van der Waals surface area contributed by atoms with E-state index >= 15 is 0 Å². The molecule has 1 fully saturated rings. The molecule has 0 amide bonds. The van der Waals surface area contributed by atoms with E-state index in [0.717, 1.165) is 33.7 Å². The average molecular weight is 438 g/mol. The topological polar surface area (TPSA) is 21.7 Å². The van der Waals surface area contributed by atoms with Crippen LogP contribution >= 0.6 is 28.1 Å². The minimum atomic E-state index is -0.278. The highest BCUT2D eigenvalue weighted by Gasteiger charge is 2.19. The highest BCUT2D eigenvalue weighted by Crippen LogP contribution is 2.37. The van der Waals surface area contributed by atoms with Crippen LogP contribution in [0.5, 0.6) is 11.5 Å². The summed E-state index contributed by atoms with van der Waals surface area (Å²) in [7, 11) is 1.60. The lowest BCUT2D eigenvalue weighted by Gasteiger charge is -2.29. The second-order valence-corrected chi connectivity index (χ2v) is 7.50. The van der Waals surface area contributed by atoms with Crippen LogP contribution in [0, 0.1) is 5.82 Å². The fourth-order valence-corrected chi connectivity index (χ4v) is 3.90. The monoisotopic (exact) mass is 437 g/mol. The predicted molar refractivity (Wildman–Crippen MR) is 109 cm³/mol. The molecule has 0 atom stereocenters. The zero-order chi connectivity index (χ0) is 18.5. The zero-order valence-corrected chi connectivity index (χ0v) is 17.0. The Morgan fingerprint density at radius 3 is 2.65 bits per heavy atom. The Hall–Kier alpha value is -1.66. The second kappa shape index (κ2) is 8.82. The number of piperidine rings is 1. The molecular weight excluding hydrogens is 417 g/mol. The normalized spacial score (nSPS) is 14.2. The van der Waals surface area contributed by atoms with Gasteiger partial charge in [-0.25, -0.2) is 4.39 Å². The number of thiocarbonyl (C=S) groups is 1. The first-order chi connectivity index (χ1) is 12.6. The summed E-state index contributed by atoms with van der Waals surface area (Å²) in [6.07, 6.45) is 3.61. The molecule has 0 aliphatic carbocycles. The largest absolute Gasteiger partial charge is 0.493 e. The Morgan fingerprint density at radius 1 is 1.19 bits per heavy atom. The molecule has 3 rings (SSSR count). The maximum atomic E-state index is 13.3. The van der Waals surface area contributed by atoms with Crippen LogP contribution in [0.4, 0.5) is 4.39 Å². The Morgan fingerprint density at radius 2 is 1.96 bits per heavy atom. The molecule has 0 saturated carbocycles. The third-order valence-corrected chi connectivity index (χ3v) is 5.47. The van der Waals surface area contributed by atoms with Gasteiger partial charge in [0, 0.05) is 18.7 Å². The van der Waals surface area contributed by atoms with Crippen LogP contribution in [0.1, 0.15) is 30.4 Å². The van der Waals surface area contributed by atoms with Gasteiger partial charge in [0.2, 0.25) is 0 Å². The van der Waals surface area contributed by atoms with Gasteiger partial charge in [-0.1, -0.05) is 24.4 Å². The fraction of sp³-hybridized carbons (Fsp3) is 0.350. The van der Waals surface area contributed by atoms with Crippen molar-refractivity contribution in [3.05, 3.63) is 57.8 Å². The van der Waals surface area contributed by atoms with E-state index in [4.69, 9.17) is 21.7 Å². The number of nitrogens with zero attached hydrogens (tertiary/aromatic N) is 1. The quantitative estimate of drug-likeness (QED) is 0.588. The number of rotatable bonds is 5. The van der Waals surface area contributed by atoms with Gasteiger partial charge in [-0.05, 0) is 65.0 Å². The molecule has 2 aromatic carbocycles. The smallest absolute Gasteiger partial charge is 0.175 e. The van der Waals surface area contributed by atoms with E-state index in [1.165, 1.54) is 31.4 Å². The van der Waals surface area contributed by atoms with Crippen LogP contribution in [-0.2, 0) is 6.61 Å². The summed E-state index contributed by atoms with van der Waals surface area (Å²) in [4.78, 5) is 3.08. The molecule has 1 aliphatic rings. The molecule has 138 valence electrons. The van der Waals surface area contributed by atoms with Crippen LogP contribution in [0.3, 0.4) is 0 Å². The van der Waals surface area contributed by atoms with E-state index in [-0.39, 0.29) is 12.4 Å². The Labute approximate surface area is 167 Å². The van der Waals surface area contributed by atoms with Crippen LogP contribution in [0.2, 0.25) is 0 Å². The van der Waals surface area contributed by atoms with Gasteiger partial charge in [-0.3, -0.25) is 0 Å². The van der Waals surface area contributed by atoms with Crippen molar-refractivity contribution in [1.29, 1.82) is 0 Å². The molecule has 26 heavy (non-hydrogen) atoms. The van der Waals surface area contributed by atoms with Crippen molar-refractivity contribution in [1.82, 2.24) is 4.90 Å². The first-order valence-corrected chi connectivity index (χ1v) is 9.82. The highest BCUT2D eigenvalue weighted by molar-refractivity contribution is 9.10. The summed E-state index contributed by atoms with van der Waals surface area (Å²) < 4.78 is 25.5. The van der Waals surface area contributed by atoms with Crippen molar-refractivity contribution in [2.45, 2.75) is 25.9 Å². The summed E-state index contributed by atoms with van der Waals surface area (Å²) in [5.74, 6) is 0.909. The van der Waals surface area contributed by atoms with Gasteiger partial charge in [0.1, 0.15) is 17.4 Å². The van der Waals surface area contributed by atoms with Crippen molar-refractivity contribution >= 4 is 33.1 Å². The minimum Gasteiger partial charge on any atom is -0.493 e. The SMILES string of the molecule is COc1cc(C(=S)N2CCCCC2)cc(Br)c1OCc1cccc(F)c1. The lowest BCUT2D eigenvalue weighted by Crippen LogP contribution is -2.34. The Bertz CT molecular complexity index is 793. The molecule has 1 heterocycles. The van der Waals surface area contributed by atoms with Gasteiger partial charge in [-0.2, -0.15) is 0 Å². The number of benzene rings is 2. The highest BCUT2D eigenvalue weighted by atomic mass is 79.9. The molecular formula is C20H21BrFNO2S. The zero-order valence-electron chi connectivity index (χ0n) is 14.6. The predicted octanol–water partition coefficient (Wildman–Crippen LogP) is 5.34. The van der Waals surface area contributed by atoms with E-state index in [9.17, 15) is 4.39 Å². The Kier molecular flexibility index (Phi) is 6.48. The summed E-state index contributed by atoms with van der Waals surface area (Å²) in [5.41, 5.74) is 1.69. The van der Waals surface area contributed by atoms with Crippen LogP contribution in [-0.4, -0.2) is 30.1 Å². The molecule has 1 aliphatic heterocycles. The Balaban J connectivity index is 1.79. The third-order valence-electron chi connectivity index (χ3n) is 4.39.